The van der Waals surface area contributed by atoms with Gasteiger partial charge in [-0.25, -0.2) is 4.98 Å². The van der Waals surface area contributed by atoms with Gasteiger partial charge in [0.25, 0.3) is 5.91 Å². The summed E-state index contributed by atoms with van der Waals surface area (Å²) in [5.74, 6) is 0.611. The summed E-state index contributed by atoms with van der Waals surface area (Å²) in [6, 6.07) is 10.0. The topological polar surface area (TPSA) is 64.4 Å². The van der Waals surface area contributed by atoms with E-state index in [0.29, 0.717) is 38.5 Å². The Labute approximate surface area is 142 Å². The number of benzene rings is 2. The molecule has 0 radical (unpaired) electrons. The molecule has 0 saturated carbocycles. The second kappa shape index (κ2) is 6.48. The second-order valence-electron chi connectivity index (χ2n) is 4.83. The molecule has 1 heterocycles. The summed E-state index contributed by atoms with van der Waals surface area (Å²) in [5.41, 5.74) is 1.96. The summed E-state index contributed by atoms with van der Waals surface area (Å²) in [4.78, 5) is 16.2. The molecule has 7 heteroatoms. The smallest absolute Gasteiger partial charge is 0.262 e. The molecule has 1 amide bonds. The first-order chi connectivity index (χ1) is 11.0. The third kappa shape index (κ3) is 3.75. The minimum Gasteiger partial charge on any atom is -0.482 e. The Morgan fingerprint density at radius 3 is 2.91 bits per heavy atom. The summed E-state index contributed by atoms with van der Waals surface area (Å²) >= 11 is 11.8. The number of rotatable bonds is 4. The molecule has 1 aromatic heterocycles. The highest BCUT2D eigenvalue weighted by atomic mass is 35.5. The summed E-state index contributed by atoms with van der Waals surface area (Å²) in [6.07, 6.45) is 0. The van der Waals surface area contributed by atoms with Crippen molar-refractivity contribution in [1.82, 2.24) is 4.98 Å². The summed E-state index contributed by atoms with van der Waals surface area (Å²) in [6.45, 7) is 1.58. The minimum absolute atomic E-state index is 0.185. The lowest BCUT2D eigenvalue weighted by Crippen LogP contribution is -2.20. The monoisotopic (exact) mass is 350 g/mol. The molecule has 3 aromatic rings. The van der Waals surface area contributed by atoms with Crippen molar-refractivity contribution in [3.63, 3.8) is 0 Å². The van der Waals surface area contributed by atoms with E-state index in [1.54, 1.807) is 43.3 Å². The van der Waals surface area contributed by atoms with E-state index in [2.05, 4.69) is 10.3 Å². The van der Waals surface area contributed by atoms with E-state index in [4.69, 9.17) is 32.4 Å². The number of carbonyl (C=O) groups excluding carboxylic acids is 1. The summed E-state index contributed by atoms with van der Waals surface area (Å²) in [7, 11) is 0. The normalized spacial score (nSPS) is 10.7. The van der Waals surface area contributed by atoms with E-state index in [0.717, 1.165) is 0 Å². The molecule has 5 nitrogen and oxygen atoms in total. The Hall–Kier alpha value is -2.24. The van der Waals surface area contributed by atoms with Gasteiger partial charge in [-0.05, 0) is 30.3 Å². The maximum atomic E-state index is 12.0. The van der Waals surface area contributed by atoms with Crippen LogP contribution in [0.25, 0.3) is 11.1 Å². The van der Waals surface area contributed by atoms with Crippen molar-refractivity contribution in [1.29, 1.82) is 0 Å². The molecule has 2 aromatic carbocycles. The zero-order valence-corrected chi connectivity index (χ0v) is 13.6. The Bertz CT molecular complexity index is 877. The molecule has 0 fully saturated rings. The molecule has 23 heavy (non-hydrogen) atoms. The first-order valence-electron chi connectivity index (χ1n) is 6.76. The first kappa shape index (κ1) is 15.6. The van der Waals surface area contributed by atoms with Crippen molar-refractivity contribution in [2.75, 3.05) is 11.9 Å². The molecule has 0 aliphatic heterocycles. The van der Waals surface area contributed by atoms with Crippen molar-refractivity contribution in [2.24, 2.45) is 0 Å². The fraction of sp³-hybridized carbons (Fsp3) is 0.125. The van der Waals surface area contributed by atoms with Crippen LogP contribution in [-0.2, 0) is 4.79 Å². The standard InChI is InChI=1S/C16H12Cl2N2O3/c1-9-19-13-7-11(3-5-14(13)23-9)20-16(21)8-22-15-6-10(17)2-4-12(15)18/h2-7H,8H2,1H3,(H,20,21). The molecular weight excluding hydrogens is 339 g/mol. The number of hydrogen-bond donors (Lipinski definition) is 1. The number of carbonyl (C=O) groups is 1. The highest BCUT2D eigenvalue weighted by molar-refractivity contribution is 6.34. The van der Waals surface area contributed by atoms with E-state index >= 15 is 0 Å². The van der Waals surface area contributed by atoms with E-state index in [1.807, 2.05) is 0 Å². The Balaban J connectivity index is 1.65. The average molecular weight is 351 g/mol. The summed E-state index contributed by atoms with van der Waals surface area (Å²) in [5, 5.41) is 3.60. The van der Waals surface area contributed by atoms with Gasteiger partial charge < -0.3 is 14.5 Å². The molecule has 0 saturated heterocycles. The predicted molar refractivity (Wildman–Crippen MR) is 89.3 cm³/mol. The lowest BCUT2D eigenvalue weighted by Gasteiger charge is -2.09. The number of nitrogens with one attached hydrogen (secondary N) is 1. The highest BCUT2D eigenvalue weighted by Gasteiger charge is 2.09. The number of anilines is 1. The molecular formula is C16H12Cl2N2O3. The number of oxazole rings is 1. The molecule has 0 bridgehead atoms. The summed E-state index contributed by atoms with van der Waals surface area (Å²) < 4.78 is 10.8. The Morgan fingerprint density at radius 1 is 1.26 bits per heavy atom. The SMILES string of the molecule is Cc1nc2cc(NC(=O)COc3cc(Cl)ccc3Cl)ccc2o1. The van der Waals surface area contributed by atoms with Crippen LogP contribution in [0.2, 0.25) is 10.0 Å². The molecule has 0 atom stereocenters. The van der Waals surface area contributed by atoms with Crippen molar-refractivity contribution < 1.29 is 13.9 Å². The zero-order valence-electron chi connectivity index (χ0n) is 12.1. The molecule has 1 N–H and O–H groups in total. The van der Waals surface area contributed by atoms with Crippen LogP contribution in [-0.4, -0.2) is 17.5 Å². The largest absolute Gasteiger partial charge is 0.482 e. The van der Waals surface area contributed by atoms with Gasteiger partial charge in [-0.1, -0.05) is 23.2 Å². The number of ether oxygens (including phenoxy) is 1. The molecule has 0 spiro atoms. The quantitative estimate of drug-likeness (QED) is 0.754. The predicted octanol–water partition coefficient (Wildman–Crippen LogP) is 4.46. The average Bonchev–Trinajstić information content (AvgIpc) is 2.87. The fourth-order valence-electron chi connectivity index (χ4n) is 2.05. The van der Waals surface area contributed by atoms with Gasteiger partial charge in [-0.3, -0.25) is 4.79 Å². The molecule has 0 aliphatic rings. The maximum absolute atomic E-state index is 12.0. The van der Waals surface area contributed by atoms with Crippen LogP contribution in [0.5, 0.6) is 5.75 Å². The second-order valence-corrected chi connectivity index (χ2v) is 5.67. The van der Waals surface area contributed by atoms with Crippen molar-refractivity contribution >= 4 is 45.9 Å². The maximum Gasteiger partial charge on any atom is 0.262 e. The molecule has 118 valence electrons. The Morgan fingerprint density at radius 2 is 2.09 bits per heavy atom. The van der Waals surface area contributed by atoms with Gasteiger partial charge in [-0.15, -0.1) is 0 Å². The molecule has 3 rings (SSSR count). The highest BCUT2D eigenvalue weighted by Crippen LogP contribution is 2.27. The third-order valence-corrected chi connectivity index (χ3v) is 3.58. The number of amides is 1. The van der Waals surface area contributed by atoms with Crippen LogP contribution in [0, 0.1) is 6.92 Å². The van der Waals surface area contributed by atoms with Crippen LogP contribution in [0.3, 0.4) is 0 Å². The number of aromatic nitrogens is 1. The van der Waals surface area contributed by atoms with Crippen molar-refractivity contribution in [3.05, 3.63) is 52.3 Å². The van der Waals surface area contributed by atoms with Gasteiger partial charge in [0.05, 0.1) is 5.02 Å². The van der Waals surface area contributed by atoms with Crippen LogP contribution >= 0.6 is 23.2 Å². The number of aryl methyl sites for hydroxylation is 1. The van der Waals surface area contributed by atoms with E-state index in [9.17, 15) is 4.79 Å². The van der Waals surface area contributed by atoms with Crippen molar-refractivity contribution in [2.45, 2.75) is 6.92 Å². The van der Waals surface area contributed by atoms with Crippen molar-refractivity contribution in [3.8, 4) is 5.75 Å². The van der Waals surface area contributed by atoms with Crippen LogP contribution in [0.1, 0.15) is 5.89 Å². The lowest BCUT2D eigenvalue weighted by molar-refractivity contribution is -0.118. The van der Waals surface area contributed by atoms with E-state index < -0.39 is 0 Å². The minimum atomic E-state index is -0.319. The van der Waals surface area contributed by atoms with Gasteiger partial charge in [-0.2, -0.15) is 0 Å². The number of hydrogen-bond acceptors (Lipinski definition) is 4. The van der Waals surface area contributed by atoms with Gasteiger partial charge in [0.15, 0.2) is 18.1 Å². The van der Waals surface area contributed by atoms with Crippen LogP contribution in [0.15, 0.2) is 40.8 Å². The fourth-order valence-corrected chi connectivity index (χ4v) is 2.38. The Kier molecular flexibility index (Phi) is 4.41. The van der Waals surface area contributed by atoms with E-state index in [-0.39, 0.29) is 12.5 Å². The number of fused-ring (bicyclic) bond motifs is 1. The number of nitrogens with zero attached hydrogens (tertiary/aromatic N) is 1. The van der Waals surface area contributed by atoms with Gasteiger partial charge in [0, 0.05) is 23.7 Å². The molecule has 0 aliphatic carbocycles. The lowest BCUT2D eigenvalue weighted by atomic mass is 10.3. The first-order valence-corrected chi connectivity index (χ1v) is 7.52. The van der Waals surface area contributed by atoms with Gasteiger partial charge >= 0.3 is 0 Å². The van der Waals surface area contributed by atoms with Crippen LogP contribution < -0.4 is 10.1 Å². The number of halogens is 2. The van der Waals surface area contributed by atoms with E-state index in [1.165, 1.54) is 0 Å². The van der Waals surface area contributed by atoms with Gasteiger partial charge in [0.2, 0.25) is 0 Å². The molecule has 0 unspecified atom stereocenters. The zero-order chi connectivity index (χ0) is 16.4. The van der Waals surface area contributed by atoms with Crippen LogP contribution in [0.4, 0.5) is 5.69 Å². The third-order valence-electron chi connectivity index (χ3n) is 3.03. The van der Waals surface area contributed by atoms with Gasteiger partial charge in [0.1, 0.15) is 11.3 Å².